The standard InChI is InChI=1S/C17H26N2O/c1-2-20-11-5-10-19-13-16(14-8-9-14)18-12-15-6-3-4-7-17(15)19/h3-4,6-7,14,16,18H,2,5,8-13H2,1H3. The Morgan fingerprint density at radius 1 is 1.30 bits per heavy atom. The number of nitrogens with one attached hydrogen (secondary N) is 1. The third-order valence-corrected chi connectivity index (χ3v) is 4.42. The maximum absolute atomic E-state index is 5.49. The van der Waals surface area contributed by atoms with E-state index in [0.29, 0.717) is 6.04 Å². The predicted octanol–water partition coefficient (Wildman–Crippen LogP) is 2.80. The van der Waals surface area contributed by atoms with E-state index in [2.05, 4.69) is 41.4 Å². The first-order valence-corrected chi connectivity index (χ1v) is 8.02. The van der Waals surface area contributed by atoms with Crippen LogP contribution in [0, 0.1) is 5.92 Å². The van der Waals surface area contributed by atoms with Gasteiger partial charge in [-0.2, -0.15) is 0 Å². The van der Waals surface area contributed by atoms with E-state index in [1.165, 1.54) is 24.1 Å². The van der Waals surface area contributed by atoms with E-state index in [4.69, 9.17) is 4.74 Å². The third kappa shape index (κ3) is 3.33. The second-order valence-electron chi connectivity index (χ2n) is 5.95. The molecule has 1 fully saturated rings. The zero-order valence-electron chi connectivity index (χ0n) is 12.5. The molecule has 1 aliphatic carbocycles. The van der Waals surface area contributed by atoms with Crippen LogP contribution in [0.5, 0.6) is 0 Å². The summed E-state index contributed by atoms with van der Waals surface area (Å²) in [7, 11) is 0. The highest BCUT2D eigenvalue weighted by atomic mass is 16.5. The van der Waals surface area contributed by atoms with Crippen molar-refractivity contribution < 1.29 is 4.74 Å². The molecule has 3 heteroatoms. The number of hydrogen-bond acceptors (Lipinski definition) is 3. The zero-order valence-corrected chi connectivity index (χ0v) is 12.5. The Hall–Kier alpha value is -1.06. The SMILES string of the molecule is CCOCCCN1CC(C2CC2)NCc2ccccc21. The number of nitrogens with zero attached hydrogens (tertiary/aromatic N) is 1. The quantitative estimate of drug-likeness (QED) is 0.807. The van der Waals surface area contributed by atoms with Gasteiger partial charge < -0.3 is 15.0 Å². The highest BCUT2D eigenvalue weighted by molar-refractivity contribution is 5.54. The average Bonchev–Trinajstić information content (AvgIpc) is 3.30. The van der Waals surface area contributed by atoms with Crippen LogP contribution >= 0.6 is 0 Å². The van der Waals surface area contributed by atoms with E-state index < -0.39 is 0 Å². The normalized spacial score (nSPS) is 22.4. The number of para-hydroxylation sites is 1. The molecule has 0 bridgehead atoms. The molecule has 3 nitrogen and oxygen atoms in total. The molecule has 0 aromatic heterocycles. The van der Waals surface area contributed by atoms with Gasteiger partial charge in [0.2, 0.25) is 0 Å². The topological polar surface area (TPSA) is 24.5 Å². The lowest BCUT2D eigenvalue weighted by Crippen LogP contribution is -2.40. The van der Waals surface area contributed by atoms with Crippen molar-refractivity contribution in [2.24, 2.45) is 5.92 Å². The molecule has 2 aliphatic rings. The number of fused-ring (bicyclic) bond motifs is 1. The predicted molar refractivity (Wildman–Crippen MR) is 83.1 cm³/mol. The van der Waals surface area contributed by atoms with Gasteiger partial charge in [-0.05, 0) is 43.7 Å². The zero-order chi connectivity index (χ0) is 13.8. The van der Waals surface area contributed by atoms with Crippen LogP contribution in [0.2, 0.25) is 0 Å². The van der Waals surface area contributed by atoms with Crippen molar-refractivity contribution in [3.05, 3.63) is 29.8 Å². The Bertz CT molecular complexity index is 431. The Kier molecular flexibility index (Phi) is 4.58. The molecular formula is C17H26N2O. The molecule has 20 heavy (non-hydrogen) atoms. The van der Waals surface area contributed by atoms with Gasteiger partial charge in [-0.1, -0.05) is 18.2 Å². The lowest BCUT2D eigenvalue weighted by molar-refractivity contribution is 0.146. The minimum atomic E-state index is 0.662. The highest BCUT2D eigenvalue weighted by Gasteiger charge is 2.33. The van der Waals surface area contributed by atoms with E-state index in [9.17, 15) is 0 Å². The van der Waals surface area contributed by atoms with Gasteiger partial charge in [0.05, 0.1) is 0 Å². The molecule has 0 saturated heterocycles. The van der Waals surface area contributed by atoms with Crippen LogP contribution in [0.1, 0.15) is 31.7 Å². The summed E-state index contributed by atoms with van der Waals surface area (Å²) < 4.78 is 5.49. The summed E-state index contributed by atoms with van der Waals surface area (Å²) in [5.74, 6) is 0.902. The summed E-state index contributed by atoms with van der Waals surface area (Å²) in [4.78, 5) is 2.57. The fourth-order valence-electron chi connectivity index (χ4n) is 3.14. The van der Waals surface area contributed by atoms with Gasteiger partial charge in [0, 0.05) is 44.6 Å². The first-order chi connectivity index (χ1) is 9.88. The number of benzene rings is 1. The fraction of sp³-hybridized carbons (Fsp3) is 0.647. The van der Waals surface area contributed by atoms with Crippen molar-refractivity contribution in [1.29, 1.82) is 0 Å². The summed E-state index contributed by atoms with van der Waals surface area (Å²) in [6, 6.07) is 9.50. The van der Waals surface area contributed by atoms with E-state index in [1.807, 2.05) is 0 Å². The van der Waals surface area contributed by atoms with Gasteiger partial charge in [0.25, 0.3) is 0 Å². The lowest BCUT2D eigenvalue weighted by atomic mass is 10.1. The van der Waals surface area contributed by atoms with Crippen LogP contribution in [0.4, 0.5) is 5.69 Å². The Morgan fingerprint density at radius 3 is 2.95 bits per heavy atom. The molecule has 0 radical (unpaired) electrons. The molecule has 3 rings (SSSR count). The van der Waals surface area contributed by atoms with Crippen molar-refractivity contribution in [1.82, 2.24) is 5.32 Å². The van der Waals surface area contributed by atoms with Crippen molar-refractivity contribution in [3.8, 4) is 0 Å². The molecule has 0 amide bonds. The summed E-state index contributed by atoms with van der Waals surface area (Å²) in [5, 5.41) is 3.76. The van der Waals surface area contributed by atoms with Gasteiger partial charge >= 0.3 is 0 Å². The van der Waals surface area contributed by atoms with Crippen LogP contribution in [0.25, 0.3) is 0 Å². The average molecular weight is 274 g/mol. The Labute approximate surface area is 122 Å². The molecule has 1 atom stereocenters. The van der Waals surface area contributed by atoms with Crippen LogP contribution < -0.4 is 10.2 Å². The second-order valence-corrected chi connectivity index (χ2v) is 5.95. The molecular weight excluding hydrogens is 248 g/mol. The summed E-state index contributed by atoms with van der Waals surface area (Å²) in [5.41, 5.74) is 2.85. The highest BCUT2D eigenvalue weighted by Crippen LogP contribution is 2.35. The van der Waals surface area contributed by atoms with Gasteiger partial charge in [-0.25, -0.2) is 0 Å². The molecule has 1 aromatic rings. The summed E-state index contributed by atoms with van der Waals surface area (Å²) in [6.45, 7) is 7.02. The van der Waals surface area contributed by atoms with Gasteiger partial charge in [-0.15, -0.1) is 0 Å². The van der Waals surface area contributed by atoms with Crippen molar-refractivity contribution >= 4 is 5.69 Å². The summed E-state index contributed by atoms with van der Waals surface area (Å²) >= 11 is 0. The van der Waals surface area contributed by atoms with Crippen molar-refractivity contribution in [2.75, 3.05) is 31.2 Å². The monoisotopic (exact) mass is 274 g/mol. The number of anilines is 1. The Morgan fingerprint density at radius 2 is 2.15 bits per heavy atom. The Balaban J connectivity index is 1.68. The molecule has 110 valence electrons. The molecule has 1 aromatic carbocycles. The molecule has 1 heterocycles. The molecule has 1 saturated carbocycles. The molecule has 1 N–H and O–H groups in total. The van der Waals surface area contributed by atoms with Gasteiger partial charge in [0.15, 0.2) is 0 Å². The van der Waals surface area contributed by atoms with E-state index in [-0.39, 0.29) is 0 Å². The largest absolute Gasteiger partial charge is 0.382 e. The van der Waals surface area contributed by atoms with Crippen LogP contribution in [0.15, 0.2) is 24.3 Å². The molecule has 1 aliphatic heterocycles. The van der Waals surface area contributed by atoms with Crippen LogP contribution in [0.3, 0.4) is 0 Å². The van der Waals surface area contributed by atoms with Crippen molar-refractivity contribution in [2.45, 2.75) is 38.8 Å². The molecule has 1 unspecified atom stereocenters. The third-order valence-electron chi connectivity index (χ3n) is 4.42. The first-order valence-electron chi connectivity index (χ1n) is 8.02. The van der Waals surface area contributed by atoms with Crippen LogP contribution in [-0.4, -0.2) is 32.3 Å². The smallest absolute Gasteiger partial charge is 0.0482 e. The van der Waals surface area contributed by atoms with Crippen LogP contribution in [-0.2, 0) is 11.3 Å². The lowest BCUT2D eigenvalue weighted by Gasteiger charge is -2.27. The summed E-state index contributed by atoms with van der Waals surface area (Å²) in [6.07, 6.45) is 3.92. The van der Waals surface area contributed by atoms with Crippen molar-refractivity contribution in [3.63, 3.8) is 0 Å². The second kappa shape index (κ2) is 6.59. The number of rotatable bonds is 6. The van der Waals surface area contributed by atoms with Gasteiger partial charge in [-0.3, -0.25) is 0 Å². The maximum atomic E-state index is 5.49. The minimum absolute atomic E-state index is 0.662. The van der Waals surface area contributed by atoms with Gasteiger partial charge in [0.1, 0.15) is 0 Å². The molecule has 0 spiro atoms. The first kappa shape index (κ1) is 13.9. The van der Waals surface area contributed by atoms with E-state index in [1.54, 1.807) is 0 Å². The van der Waals surface area contributed by atoms with E-state index in [0.717, 1.165) is 45.2 Å². The number of ether oxygens (including phenoxy) is 1. The number of hydrogen-bond donors (Lipinski definition) is 1. The minimum Gasteiger partial charge on any atom is -0.382 e. The fourth-order valence-corrected chi connectivity index (χ4v) is 3.14. The van der Waals surface area contributed by atoms with E-state index >= 15 is 0 Å². The maximum Gasteiger partial charge on any atom is 0.0482 e.